The summed E-state index contributed by atoms with van der Waals surface area (Å²) in [6.07, 6.45) is 4.09. The number of imidazole rings is 1. The Morgan fingerprint density at radius 2 is 2.17 bits per heavy atom. The third-order valence-corrected chi connectivity index (χ3v) is 3.27. The van der Waals surface area contributed by atoms with E-state index >= 15 is 0 Å². The van der Waals surface area contributed by atoms with Crippen LogP contribution in [-0.4, -0.2) is 14.5 Å². The third-order valence-electron chi connectivity index (χ3n) is 3.07. The molecule has 18 heavy (non-hydrogen) atoms. The first-order chi connectivity index (χ1) is 8.72. The molecule has 2 N–H and O–H groups in total. The van der Waals surface area contributed by atoms with E-state index in [4.69, 9.17) is 22.9 Å². The number of benzene rings is 1. The van der Waals surface area contributed by atoms with Crippen molar-refractivity contribution in [3.8, 4) is 0 Å². The first kappa shape index (κ1) is 13.0. The molecule has 0 spiro atoms. The zero-order valence-electron chi connectivity index (χ0n) is 10.7. The highest BCUT2D eigenvalue weighted by molar-refractivity contribution is 7.80. The van der Waals surface area contributed by atoms with E-state index in [1.54, 1.807) is 0 Å². The minimum Gasteiger partial charge on any atom is -0.393 e. The predicted molar refractivity (Wildman–Crippen MR) is 79.7 cm³/mol. The quantitative estimate of drug-likeness (QED) is 0.813. The lowest BCUT2D eigenvalue weighted by Crippen LogP contribution is -2.13. The van der Waals surface area contributed by atoms with E-state index in [0.29, 0.717) is 4.99 Å². The van der Waals surface area contributed by atoms with E-state index in [2.05, 4.69) is 23.6 Å². The van der Waals surface area contributed by atoms with Crippen LogP contribution in [0.15, 0.2) is 24.3 Å². The number of hydrogen-bond acceptors (Lipinski definition) is 2. The Kier molecular flexibility index (Phi) is 4.31. The number of nitrogens with zero attached hydrogens (tertiary/aromatic N) is 2. The maximum atomic E-state index is 5.60. The molecular weight excluding hydrogens is 242 g/mol. The Bertz CT molecular complexity index is 545. The van der Waals surface area contributed by atoms with Crippen LogP contribution in [0.25, 0.3) is 11.0 Å². The number of unbranched alkanes of at least 4 members (excludes halogenated alkanes) is 1. The maximum absolute atomic E-state index is 5.60. The molecule has 1 aromatic heterocycles. The van der Waals surface area contributed by atoms with E-state index in [-0.39, 0.29) is 0 Å². The van der Waals surface area contributed by atoms with Crippen molar-refractivity contribution in [3.05, 3.63) is 30.1 Å². The first-order valence-corrected chi connectivity index (χ1v) is 6.85. The highest BCUT2D eigenvalue weighted by atomic mass is 32.1. The van der Waals surface area contributed by atoms with Crippen molar-refractivity contribution in [2.75, 3.05) is 0 Å². The summed E-state index contributed by atoms with van der Waals surface area (Å²) < 4.78 is 2.25. The van der Waals surface area contributed by atoms with Gasteiger partial charge in [0.1, 0.15) is 5.82 Å². The summed E-state index contributed by atoms with van der Waals surface area (Å²) in [5, 5.41) is 0. The van der Waals surface area contributed by atoms with Gasteiger partial charge in [-0.1, -0.05) is 37.7 Å². The lowest BCUT2D eigenvalue weighted by molar-refractivity contribution is 0.659. The summed E-state index contributed by atoms with van der Waals surface area (Å²) in [5.41, 5.74) is 7.84. The molecule has 0 saturated carbocycles. The topological polar surface area (TPSA) is 43.8 Å². The highest BCUT2D eigenvalue weighted by Gasteiger charge is 2.09. The molecule has 1 aromatic carbocycles. The van der Waals surface area contributed by atoms with Gasteiger partial charge in [-0.2, -0.15) is 0 Å². The van der Waals surface area contributed by atoms with Gasteiger partial charge >= 0.3 is 0 Å². The molecule has 0 fully saturated rings. The van der Waals surface area contributed by atoms with Crippen molar-refractivity contribution in [2.24, 2.45) is 5.73 Å². The number of rotatable bonds is 6. The number of fused-ring (bicyclic) bond motifs is 1. The fourth-order valence-electron chi connectivity index (χ4n) is 2.12. The van der Waals surface area contributed by atoms with Gasteiger partial charge in [0.05, 0.1) is 16.0 Å². The smallest absolute Gasteiger partial charge is 0.109 e. The third kappa shape index (κ3) is 2.88. The molecule has 0 aliphatic rings. The summed E-state index contributed by atoms with van der Waals surface area (Å²) in [5.74, 6) is 1.15. The van der Waals surface area contributed by atoms with E-state index in [1.165, 1.54) is 11.9 Å². The van der Waals surface area contributed by atoms with Crippen LogP contribution >= 0.6 is 12.2 Å². The molecule has 4 heteroatoms. The minimum absolute atomic E-state index is 0.564. The standard InChI is InChI=1S/C14H19N3S/c1-2-3-8-14-16-11-6-4-5-7-12(11)17(14)10-9-13(15)18/h4-7H,2-3,8-10H2,1H3,(H2,15,18). The Labute approximate surface area is 113 Å². The number of thiocarbonyl (C=S) groups is 1. The van der Waals surface area contributed by atoms with Crippen molar-refractivity contribution in [3.63, 3.8) is 0 Å². The number of nitrogens with two attached hydrogens (primary N) is 1. The van der Waals surface area contributed by atoms with Gasteiger partial charge in [0.2, 0.25) is 0 Å². The van der Waals surface area contributed by atoms with Gasteiger partial charge in [0.25, 0.3) is 0 Å². The van der Waals surface area contributed by atoms with Crippen molar-refractivity contribution in [1.82, 2.24) is 9.55 Å². The van der Waals surface area contributed by atoms with Gasteiger partial charge in [-0.15, -0.1) is 0 Å². The largest absolute Gasteiger partial charge is 0.393 e. The summed E-state index contributed by atoms with van der Waals surface area (Å²) in [4.78, 5) is 5.27. The zero-order valence-corrected chi connectivity index (χ0v) is 11.5. The van der Waals surface area contributed by atoms with Gasteiger partial charge in [0.15, 0.2) is 0 Å². The lowest BCUT2D eigenvalue weighted by Gasteiger charge is -2.08. The Morgan fingerprint density at radius 3 is 2.89 bits per heavy atom. The van der Waals surface area contributed by atoms with Crippen molar-refractivity contribution in [1.29, 1.82) is 0 Å². The highest BCUT2D eigenvalue weighted by Crippen LogP contribution is 2.18. The Balaban J connectivity index is 2.34. The lowest BCUT2D eigenvalue weighted by atomic mass is 10.2. The molecule has 3 nitrogen and oxygen atoms in total. The van der Waals surface area contributed by atoms with Gasteiger partial charge < -0.3 is 10.3 Å². The van der Waals surface area contributed by atoms with Crippen LogP contribution in [0.1, 0.15) is 32.0 Å². The van der Waals surface area contributed by atoms with Crippen LogP contribution in [0, 0.1) is 0 Å². The zero-order chi connectivity index (χ0) is 13.0. The molecule has 96 valence electrons. The molecule has 0 radical (unpaired) electrons. The molecule has 0 atom stereocenters. The van der Waals surface area contributed by atoms with Gasteiger partial charge in [-0.3, -0.25) is 0 Å². The van der Waals surface area contributed by atoms with E-state index in [9.17, 15) is 0 Å². The van der Waals surface area contributed by atoms with Crippen molar-refractivity contribution < 1.29 is 0 Å². The number of aromatic nitrogens is 2. The number of aryl methyl sites for hydroxylation is 2. The fourth-order valence-corrected chi connectivity index (χ4v) is 2.21. The Hall–Kier alpha value is -1.42. The van der Waals surface area contributed by atoms with Gasteiger partial charge in [-0.25, -0.2) is 4.98 Å². The molecule has 0 unspecified atom stereocenters. The average molecular weight is 261 g/mol. The summed E-state index contributed by atoms with van der Waals surface area (Å²) in [6, 6.07) is 8.24. The van der Waals surface area contributed by atoms with Crippen molar-refractivity contribution >= 4 is 28.2 Å². The summed E-state index contributed by atoms with van der Waals surface area (Å²) in [6.45, 7) is 3.02. The predicted octanol–water partition coefficient (Wildman–Crippen LogP) is 3.06. The molecule has 0 amide bonds. The summed E-state index contributed by atoms with van der Waals surface area (Å²) >= 11 is 4.97. The average Bonchev–Trinajstić information content (AvgIpc) is 2.71. The second-order valence-electron chi connectivity index (χ2n) is 4.49. The number of para-hydroxylation sites is 2. The van der Waals surface area contributed by atoms with Gasteiger partial charge in [-0.05, 0) is 18.6 Å². The minimum atomic E-state index is 0.564. The van der Waals surface area contributed by atoms with Crippen LogP contribution < -0.4 is 5.73 Å². The molecule has 2 aromatic rings. The fraction of sp³-hybridized carbons (Fsp3) is 0.429. The van der Waals surface area contributed by atoms with E-state index in [1.807, 2.05) is 12.1 Å². The first-order valence-electron chi connectivity index (χ1n) is 6.45. The second kappa shape index (κ2) is 5.96. The molecule has 0 aliphatic heterocycles. The number of hydrogen-bond donors (Lipinski definition) is 1. The monoisotopic (exact) mass is 261 g/mol. The van der Waals surface area contributed by atoms with Crippen molar-refractivity contribution in [2.45, 2.75) is 39.2 Å². The van der Waals surface area contributed by atoms with Gasteiger partial charge in [0, 0.05) is 19.4 Å². The molecule has 2 rings (SSSR count). The Morgan fingerprint density at radius 1 is 1.39 bits per heavy atom. The van der Waals surface area contributed by atoms with E-state index < -0.39 is 0 Å². The normalized spacial score (nSPS) is 10.9. The maximum Gasteiger partial charge on any atom is 0.109 e. The van der Waals surface area contributed by atoms with Crippen LogP contribution in [0.4, 0.5) is 0 Å². The molecule has 0 aliphatic carbocycles. The molecule has 0 saturated heterocycles. The van der Waals surface area contributed by atoms with Crippen LogP contribution in [0.2, 0.25) is 0 Å². The molecular formula is C14H19N3S. The molecule has 0 bridgehead atoms. The van der Waals surface area contributed by atoms with E-state index in [0.717, 1.165) is 37.1 Å². The summed E-state index contributed by atoms with van der Waals surface area (Å²) in [7, 11) is 0. The molecule has 1 heterocycles. The van der Waals surface area contributed by atoms with Crippen LogP contribution in [-0.2, 0) is 13.0 Å². The second-order valence-corrected chi connectivity index (χ2v) is 5.01. The van der Waals surface area contributed by atoms with Crippen LogP contribution in [0.3, 0.4) is 0 Å². The van der Waals surface area contributed by atoms with Crippen LogP contribution in [0.5, 0.6) is 0 Å². The SMILES string of the molecule is CCCCc1nc2ccccc2n1CCC(N)=S.